The smallest absolute Gasteiger partial charge is 0.266 e. The lowest BCUT2D eigenvalue weighted by Gasteiger charge is -2.24. The predicted molar refractivity (Wildman–Crippen MR) is 95.8 cm³/mol. The molecule has 0 saturated carbocycles. The van der Waals surface area contributed by atoms with Gasteiger partial charge in [0.25, 0.3) is 5.91 Å². The van der Waals surface area contributed by atoms with Crippen LogP contribution in [0.1, 0.15) is 23.0 Å². The Bertz CT molecular complexity index is 656. The van der Waals surface area contributed by atoms with E-state index in [2.05, 4.69) is 13.2 Å². The molecule has 1 amide bonds. The fourth-order valence-electron chi connectivity index (χ4n) is 2.09. The molecule has 2 aromatic rings. The molecule has 1 aromatic heterocycles. The Balaban J connectivity index is 2.29. The molecule has 0 aliphatic heterocycles. The fourth-order valence-corrected chi connectivity index (χ4v) is 3.93. The maximum Gasteiger partial charge on any atom is 0.266 e. The molecule has 0 aliphatic rings. The molecule has 21 heavy (non-hydrogen) atoms. The van der Waals surface area contributed by atoms with E-state index in [9.17, 15) is 4.79 Å². The van der Waals surface area contributed by atoms with Gasteiger partial charge in [0.2, 0.25) is 0 Å². The average Bonchev–Trinajstić information content (AvgIpc) is 2.80. The third-order valence-electron chi connectivity index (χ3n) is 3.60. The third-order valence-corrected chi connectivity index (χ3v) is 5.66. The Morgan fingerprint density at radius 1 is 1.52 bits per heavy atom. The Kier molecular flexibility index (Phi) is 5.41. The molecular weight excluding hydrogens is 324 g/mol. The van der Waals surface area contributed by atoms with Crippen LogP contribution in [-0.4, -0.2) is 35.9 Å². The number of halogens is 1. The minimum absolute atomic E-state index is 0.0153. The van der Waals surface area contributed by atoms with E-state index in [0.717, 1.165) is 22.3 Å². The van der Waals surface area contributed by atoms with Crippen LogP contribution in [0.4, 0.5) is 5.69 Å². The lowest BCUT2D eigenvalue weighted by molar-refractivity contribution is 0.0747. The molecule has 0 aliphatic carbocycles. The number of fused-ring (bicyclic) bond motifs is 1. The van der Waals surface area contributed by atoms with Crippen molar-refractivity contribution in [2.75, 3.05) is 24.8 Å². The van der Waals surface area contributed by atoms with E-state index in [1.165, 1.54) is 11.3 Å². The summed E-state index contributed by atoms with van der Waals surface area (Å²) in [5, 5.41) is 1.49. The number of nitrogens with two attached hydrogens (primary N) is 1. The molecule has 0 radical (unpaired) electrons. The first-order valence-corrected chi connectivity index (χ1v) is 9.28. The molecule has 1 aromatic carbocycles. The fraction of sp³-hybridized carbons (Fsp3) is 0.400. The van der Waals surface area contributed by atoms with Gasteiger partial charge in [-0.05, 0) is 43.6 Å². The topological polar surface area (TPSA) is 46.3 Å². The van der Waals surface area contributed by atoms with Crippen molar-refractivity contribution >= 4 is 56.4 Å². The molecule has 0 fully saturated rings. The van der Waals surface area contributed by atoms with Gasteiger partial charge in [0, 0.05) is 28.2 Å². The van der Waals surface area contributed by atoms with Crippen LogP contribution in [0.25, 0.3) is 10.1 Å². The number of thioether (sulfide) groups is 1. The van der Waals surface area contributed by atoms with Crippen LogP contribution in [0, 0.1) is 0 Å². The van der Waals surface area contributed by atoms with Gasteiger partial charge >= 0.3 is 0 Å². The van der Waals surface area contributed by atoms with Crippen LogP contribution in [0.15, 0.2) is 18.2 Å². The summed E-state index contributed by atoms with van der Waals surface area (Å²) in [6.07, 6.45) is 3.04. The Morgan fingerprint density at radius 2 is 2.24 bits per heavy atom. The van der Waals surface area contributed by atoms with Crippen molar-refractivity contribution in [1.29, 1.82) is 0 Å². The van der Waals surface area contributed by atoms with E-state index in [0.29, 0.717) is 15.6 Å². The van der Waals surface area contributed by atoms with Crippen molar-refractivity contribution in [2.24, 2.45) is 0 Å². The van der Waals surface area contributed by atoms with E-state index in [-0.39, 0.29) is 11.9 Å². The van der Waals surface area contributed by atoms with E-state index in [1.807, 2.05) is 25.2 Å². The van der Waals surface area contributed by atoms with Gasteiger partial charge in [0.15, 0.2) is 0 Å². The highest BCUT2D eigenvalue weighted by atomic mass is 35.5. The number of nitrogens with zero attached hydrogens (tertiary/aromatic N) is 1. The zero-order valence-electron chi connectivity index (χ0n) is 12.4. The van der Waals surface area contributed by atoms with Crippen molar-refractivity contribution in [2.45, 2.75) is 19.4 Å². The lowest BCUT2D eigenvalue weighted by atomic mass is 10.2. The van der Waals surface area contributed by atoms with Gasteiger partial charge in [-0.15, -0.1) is 11.3 Å². The number of hydrogen-bond acceptors (Lipinski definition) is 4. The molecule has 0 saturated heterocycles. The standard InChI is InChI=1S/C15H19ClN2OS2/c1-9(6-7-20-3)18(2)15(19)14-13(17)11-8-10(16)4-5-12(11)21-14/h4-5,8-9H,6-7,17H2,1-3H3. The summed E-state index contributed by atoms with van der Waals surface area (Å²) in [4.78, 5) is 15.0. The molecule has 3 nitrogen and oxygen atoms in total. The van der Waals surface area contributed by atoms with Crippen LogP contribution in [-0.2, 0) is 0 Å². The summed E-state index contributed by atoms with van der Waals surface area (Å²) in [6, 6.07) is 5.74. The Labute approximate surface area is 138 Å². The number of nitrogen functional groups attached to an aromatic ring is 1. The highest BCUT2D eigenvalue weighted by molar-refractivity contribution is 7.98. The third kappa shape index (κ3) is 3.47. The van der Waals surface area contributed by atoms with Gasteiger partial charge in [-0.3, -0.25) is 4.79 Å². The summed E-state index contributed by atoms with van der Waals surface area (Å²) in [5.74, 6) is 1.02. The predicted octanol–water partition coefficient (Wildman–Crippen LogP) is 4.35. The second-order valence-electron chi connectivity index (χ2n) is 5.03. The molecule has 6 heteroatoms. The number of hydrogen-bond donors (Lipinski definition) is 1. The van der Waals surface area contributed by atoms with Crippen molar-refractivity contribution in [3.63, 3.8) is 0 Å². The van der Waals surface area contributed by atoms with E-state index < -0.39 is 0 Å². The first-order chi connectivity index (χ1) is 9.95. The number of thiophene rings is 1. The van der Waals surface area contributed by atoms with E-state index >= 15 is 0 Å². The first-order valence-electron chi connectivity index (χ1n) is 6.69. The number of rotatable bonds is 5. The van der Waals surface area contributed by atoms with Crippen molar-refractivity contribution < 1.29 is 4.79 Å². The maximum absolute atomic E-state index is 12.6. The van der Waals surface area contributed by atoms with Crippen LogP contribution >= 0.6 is 34.7 Å². The minimum atomic E-state index is -0.0153. The Hall–Kier alpha value is -0.910. The summed E-state index contributed by atoms with van der Waals surface area (Å²) in [5.41, 5.74) is 6.68. The van der Waals surface area contributed by atoms with Gasteiger partial charge in [-0.2, -0.15) is 11.8 Å². The molecule has 2 rings (SSSR count). The molecule has 1 atom stereocenters. The largest absolute Gasteiger partial charge is 0.397 e. The molecule has 0 spiro atoms. The number of amides is 1. The van der Waals surface area contributed by atoms with Crippen LogP contribution in [0.3, 0.4) is 0 Å². The molecule has 1 heterocycles. The molecule has 0 bridgehead atoms. The van der Waals surface area contributed by atoms with Crippen molar-refractivity contribution in [1.82, 2.24) is 4.90 Å². The lowest BCUT2D eigenvalue weighted by Crippen LogP contribution is -2.35. The van der Waals surface area contributed by atoms with Crippen LogP contribution in [0.2, 0.25) is 5.02 Å². The molecule has 1 unspecified atom stereocenters. The highest BCUT2D eigenvalue weighted by Gasteiger charge is 2.22. The summed E-state index contributed by atoms with van der Waals surface area (Å²) < 4.78 is 0.991. The van der Waals surface area contributed by atoms with Crippen molar-refractivity contribution in [3.05, 3.63) is 28.1 Å². The van der Waals surface area contributed by atoms with Crippen LogP contribution in [0.5, 0.6) is 0 Å². The number of anilines is 1. The summed E-state index contributed by atoms with van der Waals surface area (Å²) in [7, 11) is 1.84. The minimum Gasteiger partial charge on any atom is -0.397 e. The number of carbonyl (C=O) groups is 1. The molecule has 114 valence electrons. The highest BCUT2D eigenvalue weighted by Crippen LogP contribution is 2.36. The first kappa shape index (κ1) is 16.5. The second kappa shape index (κ2) is 6.90. The zero-order chi connectivity index (χ0) is 15.6. The normalized spacial score (nSPS) is 12.6. The Morgan fingerprint density at radius 3 is 2.90 bits per heavy atom. The SMILES string of the molecule is CSCCC(C)N(C)C(=O)c1sc2ccc(Cl)cc2c1N. The second-order valence-corrected chi connectivity index (χ2v) is 7.51. The number of benzene rings is 1. The molecule has 2 N–H and O–H groups in total. The van der Waals surface area contributed by atoms with Gasteiger partial charge in [-0.1, -0.05) is 11.6 Å². The average molecular weight is 343 g/mol. The number of carbonyl (C=O) groups excluding carboxylic acids is 1. The maximum atomic E-state index is 12.6. The summed E-state index contributed by atoms with van der Waals surface area (Å²) in [6.45, 7) is 2.06. The van der Waals surface area contributed by atoms with E-state index in [4.69, 9.17) is 17.3 Å². The molecular formula is C15H19ClN2OS2. The van der Waals surface area contributed by atoms with Gasteiger partial charge in [0.1, 0.15) is 4.88 Å². The van der Waals surface area contributed by atoms with Crippen molar-refractivity contribution in [3.8, 4) is 0 Å². The van der Waals surface area contributed by atoms with Gasteiger partial charge < -0.3 is 10.6 Å². The van der Waals surface area contributed by atoms with Crippen LogP contribution < -0.4 is 5.73 Å². The monoisotopic (exact) mass is 342 g/mol. The van der Waals surface area contributed by atoms with E-state index in [1.54, 1.807) is 16.7 Å². The van der Waals surface area contributed by atoms with Gasteiger partial charge in [-0.25, -0.2) is 0 Å². The van der Waals surface area contributed by atoms with Gasteiger partial charge in [0.05, 0.1) is 5.69 Å². The quantitative estimate of drug-likeness (QED) is 0.878. The zero-order valence-corrected chi connectivity index (χ0v) is 14.7. The summed E-state index contributed by atoms with van der Waals surface area (Å²) >= 11 is 9.22.